The number of methoxy groups -OCH3 is 1. The van der Waals surface area contributed by atoms with Gasteiger partial charge in [-0.3, -0.25) is 14.5 Å². The Kier molecular flexibility index (Phi) is 9.80. The molecule has 3 atom stereocenters. The number of carbonyl (C=O) groups excluding carboxylic acids is 2. The highest BCUT2D eigenvalue weighted by Crippen LogP contribution is 2.47. The molecule has 0 aliphatic carbocycles. The molecule has 1 unspecified atom stereocenters. The van der Waals surface area contributed by atoms with Gasteiger partial charge in [0.1, 0.15) is 0 Å². The number of nitrogens with zero attached hydrogens (tertiary/aromatic N) is 4. The molecule has 0 bridgehead atoms. The topological polar surface area (TPSA) is 138 Å². The number of ether oxygens (including phenoxy) is 3. The van der Waals surface area contributed by atoms with Crippen LogP contribution in [0.3, 0.4) is 0 Å². The predicted octanol–water partition coefficient (Wildman–Crippen LogP) is 2.94. The molecule has 3 aliphatic heterocycles. The molecule has 5 rings (SSSR count). The predicted molar refractivity (Wildman–Crippen MR) is 164 cm³/mol. The molecule has 3 N–H and O–H groups in total. The summed E-state index contributed by atoms with van der Waals surface area (Å²) in [5, 5.41) is 10.6. The van der Waals surface area contributed by atoms with Crippen LogP contribution in [0.15, 0.2) is 36.4 Å². The summed E-state index contributed by atoms with van der Waals surface area (Å²) in [5.41, 5.74) is 8.34. The highest BCUT2D eigenvalue weighted by molar-refractivity contribution is 5.95. The Bertz CT molecular complexity index is 1370. The summed E-state index contributed by atoms with van der Waals surface area (Å²) in [6.07, 6.45) is 2.16. The van der Waals surface area contributed by atoms with Crippen LogP contribution in [0.5, 0.6) is 17.2 Å². The number of anilines is 1. The summed E-state index contributed by atoms with van der Waals surface area (Å²) in [6, 6.07) is 10.7. The summed E-state index contributed by atoms with van der Waals surface area (Å²) >= 11 is 0. The zero-order chi connectivity index (χ0) is 31.4. The van der Waals surface area contributed by atoms with Crippen molar-refractivity contribution in [3.05, 3.63) is 47.5 Å². The van der Waals surface area contributed by atoms with Crippen molar-refractivity contribution < 1.29 is 33.7 Å². The lowest BCUT2D eigenvalue weighted by atomic mass is 9.84. The number of carboxylic acids is 1. The Morgan fingerprint density at radius 1 is 1.18 bits per heavy atom. The smallest absolute Gasteiger partial charge is 0.319 e. The first-order chi connectivity index (χ1) is 21.2. The third-order valence-electron chi connectivity index (χ3n) is 8.97. The molecule has 3 amide bonds. The Morgan fingerprint density at radius 2 is 2.00 bits per heavy atom. The molecule has 0 saturated carbocycles. The summed E-state index contributed by atoms with van der Waals surface area (Å²) in [5.74, 6) is -0.860. The maximum Gasteiger partial charge on any atom is 0.319 e. The van der Waals surface area contributed by atoms with Crippen LogP contribution in [0.2, 0.25) is 0 Å². The highest BCUT2D eigenvalue weighted by Gasteiger charge is 2.48. The molecule has 2 saturated heterocycles. The minimum Gasteiger partial charge on any atom is -0.493 e. The van der Waals surface area contributed by atoms with Gasteiger partial charge in [-0.15, -0.1) is 0 Å². The Labute approximate surface area is 258 Å². The standard InChI is InChI=1S/C32H43N5O7/c1-4-5-10-37(23-8-6-7-21(14-23)17-33)28(38)19-36-18-24(22-15-26(42-3)30-27(16-22)43-20-44-30)29(31(39)40)25(36)9-11-35-13-12-34(2)32(35)41/h6-8,14-16,24-25,29H,4-5,9-13,17-20,33H2,1-3H3,(H,39,40)/t24-,25+,29?/m1/s1. The number of aliphatic carboxylic acids is 1. The number of rotatable bonds is 13. The fourth-order valence-electron chi connectivity index (χ4n) is 6.58. The molecular formula is C32H43N5O7. The van der Waals surface area contributed by atoms with E-state index in [1.54, 1.807) is 27.8 Å². The molecule has 2 fully saturated rings. The molecule has 12 nitrogen and oxygen atoms in total. The van der Waals surface area contributed by atoms with E-state index in [0.29, 0.717) is 62.9 Å². The van der Waals surface area contributed by atoms with Gasteiger partial charge in [0.25, 0.3) is 0 Å². The summed E-state index contributed by atoms with van der Waals surface area (Å²) < 4.78 is 16.8. The SMILES string of the molecule is CCCCN(C(=O)CN1C[C@H](c2cc(OC)c3c(c2)OCO3)C(C(=O)O)[C@@H]1CCN1CCN(C)C1=O)c1cccc(CN)c1. The number of carboxylic acid groups (broad SMARTS) is 1. The van der Waals surface area contributed by atoms with Crippen molar-refractivity contribution >= 4 is 23.6 Å². The van der Waals surface area contributed by atoms with Crippen LogP contribution < -0.4 is 24.8 Å². The molecule has 3 aliphatic rings. The number of urea groups is 1. The van der Waals surface area contributed by atoms with Gasteiger partial charge in [0.05, 0.1) is 19.6 Å². The number of nitrogens with two attached hydrogens (primary N) is 1. The lowest BCUT2D eigenvalue weighted by Gasteiger charge is -2.31. The summed E-state index contributed by atoms with van der Waals surface area (Å²) in [7, 11) is 3.29. The monoisotopic (exact) mass is 609 g/mol. The van der Waals surface area contributed by atoms with Crippen LogP contribution in [0.1, 0.15) is 43.2 Å². The molecule has 0 aromatic heterocycles. The van der Waals surface area contributed by atoms with Gasteiger partial charge < -0.3 is 39.8 Å². The van der Waals surface area contributed by atoms with Gasteiger partial charge in [-0.25, -0.2) is 4.79 Å². The van der Waals surface area contributed by atoms with E-state index in [0.717, 1.165) is 29.7 Å². The van der Waals surface area contributed by atoms with Crippen LogP contribution in [-0.4, -0.2) is 104 Å². The number of likely N-dealkylation sites (tertiary alicyclic amines) is 1. The van der Waals surface area contributed by atoms with Crippen LogP contribution >= 0.6 is 0 Å². The van der Waals surface area contributed by atoms with E-state index in [2.05, 4.69) is 6.92 Å². The average molecular weight is 610 g/mol. The molecule has 44 heavy (non-hydrogen) atoms. The molecular weight excluding hydrogens is 566 g/mol. The van der Waals surface area contributed by atoms with Crippen molar-refractivity contribution in [2.75, 3.05) is 65.1 Å². The first-order valence-corrected chi connectivity index (χ1v) is 15.3. The second kappa shape index (κ2) is 13.7. The third-order valence-corrected chi connectivity index (χ3v) is 8.97. The van der Waals surface area contributed by atoms with Gasteiger partial charge in [-0.05, 0) is 48.2 Å². The number of benzene rings is 2. The van der Waals surface area contributed by atoms with E-state index < -0.39 is 23.8 Å². The Morgan fingerprint density at radius 3 is 2.68 bits per heavy atom. The number of amides is 3. The summed E-state index contributed by atoms with van der Waals surface area (Å²) in [6.45, 7) is 5.04. The molecule has 12 heteroatoms. The minimum absolute atomic E-state index is 0.0387. The van der Waals surface area contributed by atoms with Gasteiger partial charge >= 0.3 is 12.0 Å². The normalized spacial score (nSPS) is 21.3. The van der Waals surface area contributed by atoms with Crippen molar-refractivity contribution in [2.24, 2.45) is 11.7 Å². The van der Waals surface area contributed by atoms with Crippen molar-refractivity contribution in [1.82, 2.24) is 14.7 Å². The first kappa shape index (κ1) is 31.4. The molecule has 2 aromatic rings. The maximum atomic E-state index is 14.1. The van der Waals surface area contributed by atoms with Crippen LogP contribution in [0.25, 0.3) is 0 Å². The van der Waals surface area contributed by atoms with E-state index in [1.807, 2.05) is 35.2 Å². The second-order valence-corrected chi connectivity index (χ2v) is 11.7. The fraction of sp³-hybridized carbons (Fsp3) is 0.531. The van der Waals surface area contributed by atoms with E-state index >= 15 is 0 Å². The van der Waals surface area contributed by atoms with Gasteiger partial charge in [-0.1, -0.05) is 25.5 Å². The number of hydrogen-bond acceptors (Lipinski definition) is 8. The number of fused-ring (bicyclic) bond motifs is 1. The van der Waals surface area contributed by atoms with Gasteiger partial charge in [0.2, 0.25) is 18.4 Å². The molecule has 2 aromatic carbocycles. The summed E-state index contributed by atoms with van der Waals surface area (Å²) in [4.78, 5) is 46.9. The van der Waals surface area contributed by atoms with Crippen LogP contribution in [-0.2, 0) is 16.1 Å². The molecule has 238 valence electrons. The molecule has 0 radical (unpaired) electrons. The van der Waals surface area contributed by atoms with Crippen LogP contribution in [0, 0.1) is 5.92 Å². The third kappa shape index (κ3) is 6.41. The van der Waals surface area contributed by atoms with Crippen molar-refractivity contribution in [3.8, 4) is 17.2 Å². The number of hydrogen-bond donors (Lipinski definition) is 2. The van der Waals surface area contributed by atoms with Gasteiger partial charge in [-0.2, -0.15) is 0 Å². The maximum absolute atomic E-state index is 14.1. The fourth-order valence-corrected chi connectivity index (χ4v) is 6.58. The van der Waals surface area contributed by atoms with Crippen LogP contribution in [0.4, 0.5) is 10.5 Å². The number of unbranched alkanes of at least 4 members (excludes halogenated alkanes) is 1. The number of carbonyl (C=O) groups is 3. The van der Waals surface area contributed by atoms with E-state index in [1.165, 1.54) is 7.11 Å². The zero-order valence-corrected chi connectivity index (χ0v) is 25.7. The molecule has 3 heterocycles. The molecule has 0 spiro atoms. The minimum atomic E-state index is -0.949. The van der Waals surface area contributed by atoms with Crippen molar-refractivity contribution in [1.29, 1.82) is 0 Å². The lowest BCUT2D eigenvalue weighted by molar-refractivity contribution is -0.143. The highest BCUT2D eigenvalue weighted by atomic mass is 16.7. The second-order valence-electron chi connectivity index (χ2n) is 11.7. The Balaban J connectivity index is 1.46. The van der Waals surface area contributed by atoms with E-state index in [-0.39, 0.29) is 25.3 Å². The first-order valence-electron chi connectivity index (χ1n) is 15.3. The van der Waals surface area contributed by atoms with Crippen molar-refractivity contribution in [3.63, 3.8) is 0 Å². The van der Waals surface area contributed by atoms with Crippen molar-refractivity contribution in [2.45, 2.75) is 44.7 Å². The largest absolute Gasteiger partial charge is 0.493 e. The number of likely N-dealkylation sites (N-methyl/N-ethyl adjacent to an activating group) is 1. The zero-order valence-electron chi connectivity index (χ0n) is 25.7. The van der Waals surface area contributed by atoms with Gasteiger partial charge in [0.15, 0.2) is 11.5 Å². The average Bonchev–Trinajstić information content (AvgIpc) is 3.73. The van der Waals surface area contributed by atoms with E-state index in [4.69, 9.17) is 19.9 Å². The van der Waals surface area contributed by atoms with Gasteiger partial charge in [0, 0.05) is 64.0 Å². The van der Waals surface area contributed by atoms with E-state index in [9.17, 15) is 19.5 Å². The Hall–Kier alpha value is -4.03. The lowest BCUT2D eigenvalue weighted by Crippen LogP contribution is -2.46. The quantitative estimate of drug-likeness (QED) is 0.351.